The highest BCUT2D eigenvalue weighted by molar-refractivity contribution is 6.31. The molecule has 5 nitrogen and oxygen atoms in total. The Hall–Kier alpha value is -1.95. The van der Waals surface area contributed by atoms with Gasteiger partial charge in [-0.3, -0.25) is 4.90 Å². The zero-order valence-electron chi connectivity index (χ0n) is 16.0. The van der Waals surface area contributed by atoms with E-state index in [0.29, 0.717) is 17.3 Å². The van der Waals surface area contributed by atoms with Gasteiger partial charge in [0.15, 0.2) is 0 Å². The normalized spacial score (nSPS) is 20.5. The number of fused-ring (bicyclic) bond motifs is 3. The van der Waals surface area contributed by atoms with E-state index in [0.717, 1.165) is 30.8 Å². The van der Waals surface area contributed by atoms with Crippen molar-refractivity contribution in [3.05, 3.63) is 59.1 Å². The minimum Gasteiger partial charge on any atom is -0.481 e. The van der Waals surface area contributed by atoms with Gasteiger partial charge in [0, 0.05) is 18.1 Å². The molecule has 2 aliphatic heterocycles. The highest BCUT2D eigenvalue weighted by Crippen LogP contribution is 2.45. The number of carbonyl (C=O) groups excluding carboxylic acids is 1. The van der Waals surface area contributed by atoms with Crippen molar-refractivity contribution in [2.45, 2.75) is 18.6 Å². The van der Waals surface area contributed by atoms with Crippen molar-refractivity contribution in [3.8, 4) is 5.75 Å². The van der Waals surface area contributed by atoms with Crippen LogP contribution in [0.1, 0.15) is 18.1 Å². The van der Waals surface area contributed by atoms with E-state index >= 15 is 0 Å². The minimum atomic E-state index is -0.192. The van der Waals surface area contributed by atoms with Crippen molar-refractivity contribution < 1.29 is 9.53 Å². The van der Waals surface area contributed by atoms with Gasteiger partial charge < -0.3 is 14.5 Å². The van der Waals surface area contributed by atoms with Crippen LogP contribution in [0.2, 0.25) is 5.02 Å². The summed E-state index contributed by atoms with van der Waals surface area (Å²) >= 11 is 6.21. The van der Waals surface area contributed by atoms with Gasteiger partial charge in [0.1, 0.15) is 11.9 Å². The Balaban J connectivity index is 0.00000225. The van der Waals surface area contributed by atoms with E-state index in [-0.39, 0.29) is 30.6 Å². The molecule has 2 aromatic rings. The number of benzene rings is 2. The molecule has 4 rings (SSSR count). The fourth-order valence-corrected chi connectivity index (χ4v) is 4.05. The topological polar surface area (TPSA) is 36.0 Å². The molecule has 1 saturated heterocycles. The predicted molar refractivity (Wildman–Crippen MR) is 115 cm³/mol. The number of anilines is 1. The quantitative estimate of drug-likeness (QED) is 0.714. The molecule has 0 radical (unpaired) electrons. The van der Waals surface area contributed by atoms with Gasteiger partial charge in [-0.15, -0.1) is 12.4 Å². The summed E-state index contributed by atoms with van der Waals surface area (Å²) in [6.45, 7) is 2.34. The van der Waals surface area contributed by atoms with Gasteiger partial charge in [0.25, 0.3) is 0 Å². The van der Waals surface area contributed by atoms with Gasteiger partial charge in [-0.05, 0) is 50.8 Å². The van der Waals surface area contributed by atoms with Crippen molar-refractivity contribution in [3.63, 3.8) is 0 Å². The minimum absolute atomic E-state index is 0. The van der Waals surface area contributed by atoms with E-state index < -0.39 is 0 Å². The van der Waals surface area contributed by atoms with E-state index in [9.17, 15) is 4.79 Å². The lowest BCUT2D eigenvalue weighted by Gasteiger charge is -2.37. The second-order valence-electron chi connectivity index (χ2n) is 7.38. The molecule has 2 heterocycles. The molecule has 2 aliphatic rings. The van der Waals surface area contributed by atoms with Crippen LogP contribution in [0.4, 0.5) is 10.5 Å². The maximum absolute atomic E-state index is 13.2. The van der Waals surface area contributed by atoms with E-state index in [2.05, 4.69) is 17.0 Å². The molecule has 2 amide bonds. The largest absolute Gasteiger partial charge is 0.481 e. The van der Waals surface area contributed by atoms with Crippen molar-refractivity contribution in [1.82, 2.24) is 9.80 Å². The summed E-state index contributed by atoms with van der Waals surface area (Å²) in [6.07, 6.45) is 0.751. The highest BCUT2D eigenvalue weighted by Gasteiger charge is 2.47. The third-order valence-corrected chi connectivity index (χ3v) is 5.40. The first kappa shape index (κ1) is 20.8. The molecule has 28 heavy (non-hydrogen) atoms. The number of hydrogen-bond acceptors (Lipinski definition) is 3. The van der Waals surface area contributed by atoms with Gasteiger partial charge in [0.2, 0.25) is 0 Å². The Labute approximate surface area is 177 Å². The van der Waals surface area contributed by atoms with Crippen molar-refractivity contribution in [2.75, 3.05) is 38.6 Å². The smallest absolute Gasteiger partial charge is 0.325 e. The van der Waals surface area contributed by atoms with Gasteiger partial charge >= 0.3 is 6.03 Å². The number of halogens is 2. The van der Waals surface area contributed by atoms with Crippen LogP contribution in [-0.2, 0) is 0 Å². The summed E-state index contributed by atoms with van der Waals surface area (Å²) in [7, 11) is 4.10. The molecule has 7 heteroatoms. The lowest BCUT2D eigenvalue weighted by Crippen LogP contribution is -2.43. The third-order valence-electron chi connectivity index (χ3n) is 5.16. The van der Waals surface area contributed by atoms with Gasteiger partial charge in [-0.2, -0.15) is 0 Å². The average Bonchev–Trinajstić information content (AvgIpc) is 2.98. The summed E-state index contributed by atoms with van der Waals surface area (Å²) in [5, 5.41) is 0.605. The zero-order chi connectivity index (χ0) is 19.0. The first-order chi connectivity index (χ1) is 13.0. The number of carbonyl (C=O) groups is 1. The molecule has 2 atom stereocenters. The van der Waals surface area contributed by atoms with Crippen LogP contribution in [0, 0.1) is 0 Å². The third kappa shape index (κ3) is 3.93. The molecule has 2 aromatic carbocycles. The summed E-state index contributed by atoms with van der Waals surface area (Å²) in [4.78, 5) is 19.2. The summed E-state index contributed by atoms with van der Waals surface area (Å²) in [6, 6.07) is 15.6. The summed E-state index contributed by atoms with van der Waals surface area (Å²) in [5.74, 6) is 0.702. The number of ether oxygens (including phenoxy) is 1. The summed E-state index contributed by atoms with van der Waals surface area (Å²) < 4.78 is 6.34. The fourth-order valence-electron chi connectivity index (χ4n) is 3.88. The number of hydrogen-bond donors (Lipinski definition) is 0. The number of nitrogens with zero attached hydrogens (tertiary/aromatic N) is 3. The molecule has 0 aliphatic carbocycles. The standard InChI is InChI=1S/C21H24ClN3O2.ClH/c1-23(2)11-6-12-24-14-18-20(15-7-4-3-5-8-15)27-19-10-9-16(22)13-17(19)25(18)21(24)26;/h3-5,7-10,13,18,20H,6,11-12,14H2,1-2H3;1H. The average molecular weight is 422 g/mol. The van der Waals surface area contributed by atoms with Crippen LogP contribution in [0.5, 0.6) is 5.75 Å². The SMILES string of the molecule is CN(C)CCCN1CC2C(c3ccccc3)Oc3ccc(Cl)cc3N2C1=O.Cl. The molecule has 1 fully saturated rings. The Morgan fingerprint density at radius 1 is 1.18 bits per heavy atom. The van der Waals surface area contributed by atoms with Crippen LogP contribution < -0.4 is 9.64 Å². The van der Waals surface area contributed by atoms with Crippen LogP contribution in [0.3, 0.4) is 0 Å². The maximum Gasteiger partial charge on any atom is 0.325 e. The predicted octanol–water partition coefficient (Wildman–Crippen LogP) is 4.46. The molecule has 2 unspecified atom stereocenters. The van der Waals surface area contributed by atoms with E-state index in [1.54, 1.807) is 6.07 Å². The monoisotopic (exact) mass is 421 g/mol. The molecular formula is C21H25Cl2N3O2. The van der Waals surface area contributed by atoms with Crippen molar-refractivity contribution in [2.24, 2.45) is 0 Å². The first-order valence-electron chi connectivity index (χ1n) is 9.28. The van der Waals surface area contributed by atoms with Crippen LogP contribution in [-0.4, -0.2) is 55.6 Å². The number of amides is 2. The van der Waals surface area contributed by atoms with Crippen molar-refractivity contribution in [1.29, 1.82) is 0 Å². The zero-order valence-corrected chi connectivity index (χ0v) is 17.6. The summed E-state index contributed by atoms with van der Waals surface area (Å²) in [5.41, 5.74) is 1.84. The van der Waals surface area contributed by atoms with E-state index in [4.69, 9.17) is 16.3 Å². The Morgan fingerprint density at radius 2 is 1.93 bits per heavy atom. The molecule has 0 aromatic heterocycles. The van der Waals surface area contributed by atoms with Gasteiger partial charge in [-0.1, -0.05) is 41.9 Å². The van der Waals surface area contributed by atoms with Crippen LogP contribution >= 0.6 is 24.0 Å². The second kappa shape index (κ2) is 8.60. The van der Waals surface area contributed by atoms with Crippen LogP contribution in [0.15, 0.2) is 48.5 Å². The lowest BCUT2D eigenvalue weighted by molar-refractivity contribution is 0.159. The van der Waals surface area contributed by atoms with E-state index in [1.165, 1.54) is 0 Å². The first-order valence-corrected chi connectivity index (χ1v) is 9.66. The Bertz CT molecular complexity index is 832. The fraction of sp³-hybridized carbons (Fsp3) is 0.381. The lowest BCUT2D eigenvalue weighted by atomic mass is 9.99. The van der Waals surface area contributed by atoms with Gasteiger partial charge in [-0.25, -0.2) is 4.79 Å². The molecular weight excluding hydrogens is 397 g/mol. The number of rotatable bonds is 5. The molecule has 0 saturated carbocycles. The van der Waals surface area contributed by atoms with Gasteiger partial charge in [0.05, 0.1) is 11.7 Å². The number of urea groups is 1. The molecule has 0 spiro atoms. The Morgan fingerprint density at radius 3 is 2.64 bits per heavy atom. The Kier molecular flexibility index (Phi) is 6.38. The maximum atomic E-state index is 13.2. The second-order valence-corrected chi connectivity index (χ2v) is 7.82. The molecule has 150 valence electrons. The van der Waals surface area contributed by atoms with E-state index in [1.807, 2.05) is 54.2 Å². The molecule has 0 bridgehead atoms. The van der Waals surface area contributed by atoms with Crippen LogP contribution in [0.25, 0.3) is 0 Å². The molecule has 0 N–H and O–H groups in total. The van der Waals surface area contributed by atoms with Crippen molar-refractivity contribution >= 4 is 35.7 Å². The highest BCUT2D eigenvalue weighted by atomic mass is 35.5.